The summed E-state index contributed by atoms with van der Waals surface area (Å²) in [4.78, 5) is 4.20. The first kappa shape index (κ1) is 9.19. The van der Waals surface area contributed by atoms with Crippen LogP contribution in [-0.4, -0.2) is 14.6 Å². The van der Waals surface area contributed by atoms with Gasteiger partial charge in [-0.2, -0.15) is 5.10 Å². The molecule has 0 radical (unpaired) electrons. The van der Waals surface area contributed by atoms with Gasteiger partial charge >= 0.3 is 0 Å². The maximum atomic E-state index is 4.56. The molecule has 0 unspecified atom stereocenters. The van der Waals surface area contributed by atoms with E-state index in [4.69, 9.17) is 0 Å². The van der Waals surface area contributed by atoms with E-state index in [9.17, 15) is 0 Å². The summed E-state index contributed by atoms with van der Waals surface area (Å²) in [6.45, 7) is 8.60. The molecule has 3 heteroatoms. The molecule has 0 fully saturated rings. The second-order valence-corrected chi connectivity index (χ2v) is 4.66. The zero-order valence-electron chi connectivity index (χ0n) is 9.07. The summed E-state index contributed by atoms with van der Waals surface area (Å²) in [5.74, 6) is 0. The van der Waals surface area contributed by atoms with E-state index in [1.54, 1.807) is 6.20 Å². The van der Waals surface area contributed by atoms with Crippen LogP contribution in [-0.2, 0) is 5.41 Å². The highest BCUT2D eigenvalue weighted by Crippen LogP contribution is 2.23. The number of aromatic nitrogens is 3. The van der Waals surface area contributed by atoms with Gasteiger partial charge in [-0.1, -0.05) is 20.8 Å². The molecule has 0 aliphatic heterocycles. The Balaban J connectivity index is 2.71. The van der Waals surface area contributed by atoms with Crippen molar-refractivity contribution in [1.29, 1.82) is 0 Å². The minimum atomic E-state index is 0.0859. The van der Waals surface area contributed by atoms with Crippen LogP contribution in [0.2, 0.25) is 0 Å². The Morgan fingerprint density at radius 1 is 1.29 bits per heavy atom. The number of hydrogen-bond acceptors (Lipinski definition) is 2. The molecule has 0 aliphatic carbocycles. The number of rotatable bonds is 0. The maximum absolute atomic E-state index is 4.56. The molecule has 0 saturated heterocycles. The zero-order chi connectivity index (χ0) is 10.3. The normalized spacial score (nSPS) is 12.3. The SMILES string of the molecule is Cc1cc2nccn2nc1C(C)(C)C. The van der Waals surface area contributed by atoms with Gasteiger partial charge in [0, 0.05) is 17.8 Å². The van der Waals surface area contributed by atoms with Crippen LogP contribution in [0.25, 0.3) is 5.65 Å². The summed E-state index contributed by atoms with van der Waals surface area (Å²) in [5, 5.41) is 4.56. The van der Waals surface area contributed by atoms with Gasteiger partial charge in [0.1, 0.15) is 0 Å². The fraction of sp³-hybridized carbons (Fsp3) is 0.455. The van der Waals surface area contributed by atoms with Crippen molar-refractivity contribution in [2.24, 2.45) is 0 Å². The summed E-state index contributed by atoms with van der Waals surface area (Å²) in [5.41, 5.74) is 3.33. The molecule has 2 rings (SSSR count). The average molecular weight is 189 g/mol. The van der Waals surface area contributed by atoms with E-state index in [2.05, 4.69) is 43.8 Å². The minimum absolute atomic E-state index is 0.0859. The highest BCUT2D eigenvalue weighted by molar-refractivity contribution is 5.42. The Hall–Kier alpha value is -1.38. The number of aryl methyl sites for hydroxylation is 1. The highest BCUT2D eigenvalue weighted by atomic mass is 15.2. The summed E-state index contributed by atoms with van der Waals surface area (Å²) >= 11 is 0. The van der Waals surface area contributed by atoms with Crippen LogP contribution in [0.3, 0.4) is 0 Å². The summed E-state index contributed by atoms with van der Waals surface area (Å²) in [6.07, 6.45) is 3.65. The zero-order valence-corrected chi connectivity index (χ0v) is 9.07. The van der Waals surface area contributed by atoms with E-state index < -0.39 is 0 Å². The molecule has 0 N–H and O–H groups in total. The van der Waals surface area contributed by atoms with Gasteiger partial charge in [0.25, 0.3) is 0 Å². The molecule has 0 spiro atoms. The van der Waals surface area contributed by atoms with Crippen molar-refractivity contribution in [1.82, 2.24) is 14.6 Å². The minimum Gasteiger partial charge on any atom is -0.236 e. The molecule has 2 heterocycles. The largest absolute Gasteiger partial charge is 0.236 e. The molecule has 0 bridgehead atoms. The Labute approximate surface area is 83.8 Å². The number of imidazole rings is 1. The smallest absolute Gasteiger partial charge is 0.153 e. The number of hydrogen-bond donors (Lipinski definition) is 0. The van der Waals surface area contributed by atoms with Gasteiger partial charge in [0.05, 0.1) is 5.69 Å². The molecular weight excluding hydrogens is 174 g/mol. The summed E-state index contributed by atoms with van der Waals surface area (Å²) < 4.78 is 1.83. The molecule has 0 aromatic carbocycles. The first-order valence-corrected chi connectivity index (χ1v) is 4.80. The van der Waals surface area contributed by atoms with Gasteiger partial charge < -0.3 is 0 Å². The van der Waals surface area contributed by atoms with Crippen LogP contribution in [0.15, 0.2) is 18.5 Å². The van der Waals surface area contributed by atoms with Gasteiger partial charge in [-0.3, -0.25) is 0 Å². The first-order valence-electron chi connectivity index (χ1n) is 4.80. The molecule has 0 saturated carbocycles. The molecule has 2 aromatic heterocycles. The van der Waals surface area contributed by atoms with Gasteiger partial charge in [-0.05, 0) is 18.6 Å². The predicted octanol–water partition coefficient (Wildman–Crippen LogP) is 2.34. The van der Waals surface area contributed by atoms with Crippen LogP contribution < -0.4 is 0 Å². The van der Waals surface area contributed by atoms with E-state index in [0.717, 1.165) is 11.3 Å². The third-order valence-electron chi connectivity index (χ3n) is 2.29. The van der Waals surface area contributed by atoms with E-state index in [-0.39, 0.29) is 5.41 Å². The Morgan fingerprint density at radius 2 is 2.00 bits per heavy atom. The quantitative estimate of drug-likeness (QED) is 0.636. The lowest BCUT2D eigenvalue weighted by Crippen LogP contribution is -2.17. The second-order valence-electron chi connectivity index (χ2n) is 4.66. The van der Waals surface area contributed by atoms with Gasteiger partial charge in [-0.15, -0.1) is 0 Å². The Kier molecular flexibility index (Phi) is 1.84. The lowest BCUT2D eigenvalue weighted by molar-refractivity contribution is 0.549. The van der Waals surface area contributed by atoms with Gasteiger partial charge in [0.15, 0.2) is 5.65 Å². The second kappa shape index (κ2) is 2.80. The summed E-state index contributed by atoms with van der Waals surface area (Å²) in [7, 11) is 0. The fourth-order valence-corrected chi connectivity index (χ4v) is 1.69. The maximum Gasteiger partial charge on any atom is 0.153 e. The van der Waals surface area contributed by atoms with Gasteiger partial charge in [0.2, 0.25) is 0 Å². The Bertz CT molecular complexity index is 463. The molecule has 3 nitrogen and oxygen atoms in total. The topological polar surface area (TPSA) is 30.2 Å². The molecule has 0 amide bonds. The molecule has 14 heavy (non-hydrogen) atoms. The lowest BCUT2D eigenvalue weighted by Gasteiger charge is -2.19. The molecule has 0 atom stereocenters. The van der Waals surface area contributed by atoms with Crippen LogP contribution in [0.5, 0.6) is 0 Å². The van der Waals surface area contributed by atoms with Crippen molar-refractivity contribution >= 4 is 5.65 Å². The van der Waals surface area contributed by atoms with Crippen LogP contribution in [0.4, 0.5) is 0 Å². The standard InChI is InChI=1S/C11H15N3/c1-8-7-9-12-5-6-14(9)13-10(8)11(2,3)4/h5-7H,1-4H3. The average Bonchev–Trinajstić information content (AvgIpc) is 2.47. The van der Waals surface area contributed by atoms with Crippen LogP contribution in [0.1, 0.15) is 32.0 Å². The molecule has 0 aliphatic rings. The van der Waals surface area contributed by atoms with Crippen LogP contribution in [0, 0.1) is 6.92 Å². The highest BCUT2D eigenvalue weighted by Gasteiger charge is 2.19. The monoisotopic (exact) mass is 189 g/mol. The predicted molar refractivity (Wildman–Crippen MR) is 56.4 cm³/mol. The van der Waals surface area contributed by atoms with E-state index in [1.165, 1.54) is 5.56 Å². The van der Waals surface area contributed by atoms with Crippen LogP contribution >= 0.6 is 0 Å². The molecular formula is C11H15N3. The van der Waals surface area contributed by atoms with E-state index in [0.29, 0.717) is 0 Å². The number of nitrogens with zero attached hydrogens (tertiary/aromatic N) is 3. The van der Waals surface area contributed by atoms with Crippen molar-refractivity contribution in [3.05, 3.63) is 29.7 Å². The van der Waals surface area contributed by atoms with Gasteiger partial charge in [-0.25, -0.2) is 9.50 Å². The van der Waals surface area contributed by atoms with Crippen molar-refractivity contribution < 1.29 is 0 Å². The van der Waals surface area contributed by atoms with Crippen molar-refractivity contribution in [3.63, 3.8) is 0 Å². The van der Waals surface area contributed by atoms with Crippen molar-refractivity contribution in [3.8, 4) is 0 Å². The van der Waals surface area contributed by atoms with Crippen molar-refractivity contribution in [2.45, 2.75) is 33.1 Å². The Morgan fingerprint density at radius 3 is 2.64 bits per heavy atom. The third-order valence-corrected chi connectivity index (χ3v) is 2.29. The fourth-order valence-electron chi connectivity index (χ4n) is 1.69. The van der Waals surface area contributed by atoms with Crippen molar-refractivity contribution in [2.75, 3.05) is 0 Å². The number of fused-ring (bicyclic) bond motifs is 1. The third kappa shape index (κ3) is 1.39. The molecule has 74 valence electrons. The summed E-state index contributed by atoms with van der Waals surface area (Å²) in [6, 6.07) is 2.08. The van der Waals surface area contributed by atoms with E-state index >= 15 is 0 Å². The first-order chi connectivity index (χ1) is 6.48. The lowest BCUT2D eigenvalue weighted by atomic mass is 9.89. The van der Waals surface area contributed by atoms with E-state index in [1.807, 2.05) is 10.7 Å². The molecule has 2 aromatic rings.